The van der Waals surface area contributed by atoms with Gasteiger partial charge in [-0.3, -0.25) is 4.79 Å². The van der Waals surface area contributed by atoms with Gasteiger partial charge in [-0.1, -0.05) is 19.4 Å². The number of hydrogen-bond donors (Lipinski definition) is 0. The van der Waals surface area contributed by atoms with Crippen molar-refractivity contribution in [1.29, 1.82) is 0 Å². The number of ketones is 1. The summed E-state index contributed by atoms with van der Waals surface area (Å²) in [5.74, 6) is 1.82. The van der Waals surface area contributed by atoms with Gasteiger partial charge >= 0.3 is 0 Å². The van der Waals surface area contributed by atoms with E-state index in [9.17, 15) is 4.79 Å². The van der Waals surface area contributed by atoms with E-state index in [2.05, 4.69) is 19.6 Å². The minimum absolute atomic E-state index is 0.0734. The lowest BCUT2D eigenvalue weighted by molar-refractivity contribution is 0.101. The van der Waals surface area contributed by atoms with Gasteiger partial charge in [0, 0.05) is 16.5 Å². The molecule has 0 N–H and O–H groups in total. The summed E-state index contributed by atoms with van der Waals surface area (Å²) in [5.41, 5.74) is 3.12. The van der Waals surface area contributed by atoms with Gasteiger partial charge < -0.3 is 4.74 Å². The monoisotopic (exact) mass is 300 g/mol. The molecule has 0 heterocycles. The Morgan fingerprint density at radius 1 is 1.50 bits per heavy atom. The van der Waals surface area contributed by atoms with Crippen molar-refractivity contribution in [3.63, 3.8) is 0 Å². The van der Waals surface area contributed by atoms with E-state index in [1.807, 2.05) is 19.1 Å². The van der Waals surface area contributed by atoms with E-state index in [0.29, 0.717) is 0 Å². The fraction of sp³-hybridized carbons (Fsp3) is 0.550. The second-order valence-corrected chi connectivity index (χ2v) is 6.72. The molecule has 2 rings (SSSR count). The molecule has 1 saturated carbocycles. The first-order valence-corrected chi connectivity index (χ1v) is 8.28. The summed E-state index contributed by atoms with van der Waals surface area (Å²) < 4.78 is 5.72. The van der Waals surface area contributed by atoms with Crippen molar-refractivity contribution in [3.8, 4) is 5.75 Å². The fourth-order valence-corrected chi connectivity index (χ4v) is 4.04. The van der Waals surface area contributed by atoms with Crippen molar-refractivity contribution >= 4 is 5.78 Å². The first-order valence-electron chi connectivity index (χ1n) is 8.28. The molecule has 0 saturated heterocycles. The number of rotatable bonds is 6. The number of benzene rings is 1. The van der Waals surface area contributed by atoms with Crippen molar-refractivity contribution < 1.29 is 9.53 Å². The summed E-state index contributed by atoms with van der Waals surface area (Å²) in [6, 6.07) is 4.01. The molecule has 0 aromatic heterocycles. The number of ether oxygens (including phenoxy) is 1. The summed E-state index contributed by atoms with van der Waals surface area (Å²) in [5, 5.41) is 0. The van der Waals surface area contributed by atoms with Gasteiger partial charge in [0.15, 0.2) is 5.78 Å². The van der Waals surface area contributed by atoms with Crippen LogP contribution in [0.1, 0.15) is 67.4 Å². The highest BCUT2D eigenvalue weighted by Crippen LogP contribution is 2.51. The van der Waals surface area contributed by atoms with E-state index in [1.165, 1.54) is 18.4 Å². The Morgan fingerprint density at radius 2 is 2.23 bits per heavy atom. The number of carbonyl (C=O) groups excluding carboxylic acids is 1. The maximum Gasteiger partial charge on any atom is 0.159 e. The highest BCUT2D eigenvalue weighted by atomic mass is 16.5. The van der Waals surface area contributed by atoms with Crippen LogP contribution in [-0.4, -0.2) is 12.9 Å². The van der Waals surface area contributed by atoms with Gasteiger partial charge in [-0.15, -0.1) is 6.58 Å². The van der Waals surface area contributed by atoms with E-state index in [1.54, 1.807) is 14.0 Å². The van der Waals surface area contributed by atoms with Crippen molar-refractivity contribution in [3.05, 3.63) is 41.5 Å². The molecule has 2 nitrogen and oxygen atoms in total. The third-order valence-electron chi connectivity index (χ3n) is 5.28. The van der Waals surface area contributed by atoms with Gasteiger partial charge in [0.05, 0.1) is 7.11 Å². The second-order valence-electron chi connectivity index (χ2n) is 6.72. The number of carbonyl (C=O) groups is 1. The predicted octanol–water partition coefficient (Wildman–Crippen LogP) is 5.23. The van der Waals surface area contributed by atoms with Crippen LogP contribution in [0.3, 0.4) is 0 Å². The number of methoxy groups -OCH3 is 1. The van der Waals surface area contributed by atoms with Crippen LogP contribution in [0.15, 0.2) is 24.8 Å². The summed E-state index contributed by atoms with van der Waals surface area (Å²) in [6.07, 6.45) is 7.73. The molecule has 2 atom stereocenters. The van der Waals surface area contributed by atoms with E-state index in [0.717, 1.165) is 42.1 Å². The molecular weight excluding hydrogens is 272 g/mol. The predicted molar refractivity (Wildman–Crippen MR) is 91.9 cm³/mol. The zero-order valence-electron chi connectivity index (χ0n) is 14.4. The van der Waals surface area contributed by atoms with Gasteiger partial charge in [-0.2, -0.15) is 0 Å². The maximum absolute atomic E-state index is 11.9. The van der Waals surface area contributed by atoms with E-state index in [4.69, 9.17) is 4.74 Å². The molecule has 1 aromatic carbocycles. The Morgan fingerprint density at radius 3 is 2.73 bits per heavy atom. The molecule has 0 amide bonds. The van der Waals surface area contributed by atoms with E-state index >= 15 is 0 Å². The Labute approximate surface area is 134 Å². The minimum atomic E-state index is 0.0734. The molecule has 0 radical (unpaired) electrons. The largest absolute Gasteiger partial charge is 0.496 e. The minimum Gasteiger partial charge on any atom is -0.496 e. The molecule has 0 spiro atoms. The van der Waals surface area contributed by atoms with Crippen LogP contribution in [0.5, 0.6) is 5.75 Å². The summed E-state index contributed by atoms with van der Waals surface area (Å²) in [4.78, 5) is 11.9. The SMILES string of the molecule is C=CCC1(c2cc(C(C)=O)cc(C)c2OC)CCC(CC)C1. The molecule has 22 heavy (non-hydrogen) atoms. The van der Waals surface area contributed by atoms with Crippen LogP contribution >= 0.6 is 0 Å². The van der Waals surface area contributed by atoms with Crippen molar-refractivity contribution in [2.75, 3.05) is 7.11 Å². The fourth-order valence-electron chi connectivity index (χ4n) is 4.04. The van der Waals surface area contributed by atoms with Crippen molar-refractivity contribution in [2.45, 2.75) is 58.3 Å². The molecular formula is C20H28O2. The zero-order valence-corrected chi connectivity index (χ0v) is 14.4. The third kappa shape index (κ3) is 2.97. The lowest BCUT2D eigenvalue weighted by Gasteiger charge is -2.32. The van der Waals surface area contributed by atoms with Gasteiger partial charge in [0.1, 0.15) is 5.75 Å². The number of allylic oxidation sites excluding steroid dienone is 1. The van der Waals surface area contributed by atoms with Gasteiger partial charge in [-0.25, -0.2) is 0 Å². The molecule has 1 fully saturated rings. The van der Waals surface area contributed by atoms with E-state index < -0.39 is 0 Å². The van der Waals surface area contributed by atoms with Gasteiger partial charge in [0.2, 0.25) is 0 Å². The van der Waals surface area contributed by atoms with Crippen LogP contribution in [0.25, 0.3) is 0 Å². The summed E-state index contributed by atoms with van der Waals surface area (Å²) in [7, 11) is 1.73. The highest BCUT2D eigenvalue weighted by molar-refractivity contribution is 5.94. The van der Waals surface area contributed by atoms with Crippen LogP contribution in [-0.2, 0) is 5.41 Å². The van der Waals surface area contributed by atoms with Crippen molar-refractivity contribution in [2.24, 2.45) is 5.92 Å². The standard InChI is InChI=1S/C20H28O2/c1-6-9-20(10-8-16(7-2)13-20)18-12-17(15(4)21)11-14(3)19(18)22-5/h6,11-12,16H,1,7-10,13H2,2-5H3. The molecule has 2 unspecified atom stereocenters. The lowest BCUT2D eigenvalue weighted by Crippen LogP contribution is -2.24. The van der Waals surface area contributed by atoms with Crippen LogP contribution in [0.4, 0.5) is 0 Å². The molecule has 120 valence electrons. The average Bonchev–Trinajstić information content (AvgIpc) is 2.91. The smallest absolute Gasteiger partial charge is 0.159 e. The van der Waals surface area contributed by atoms with Crippen LogP contribution in [0, 0.1) is 12.8 Å². The molecule has 1 aliphatic rings. The van der Waals surface area contributed by atoms with Crippen LogP contribution in [0.2, 0.25) is 0 Å². The lowest BCUT2D eigenvalue weighted by atomic mass is 9.73. The Kier molecular flexibility index (Phi) is 5.10. The first-order chi connectivity index (χ1) is 10.5. The Balaban J connectivity index is 2.60. The molecule has 0 aliphatic heterocycles. The third-order valence-corrected chi connectivity index (χ3v) is 5.28. The zero-order chi connectivity index (χ0) is 16.3. The molecule has 2 heteroatoms. The maximum atomic E-state index is 11.9. The molecule has 1 aliphatic carbocycles. The summed E-state index contributed by atoms with van der Waals surface area (Å²) >= 11 is 0. The normalized spacial score (nSPS) is 24.3. The van der Waals surface area contributed by atoms with Crippen molar-refractivity contribution in [1.82, 2.24) is 0 Å². The quantitative estimate of drug-likeness (QED) is 0.531. The number of hydrogen-bond acceptors (Lipinski definition) is 2. The topological polar surface area (TPSA) is 26.3 Å². The number of aryl methyl sites for hydroxylation is 1. The summed E-state index contributed by atoms with van der Waals surface area (Å²) in [6.45, 7) is 9.90. The molecule has 1 aromatic rings. The van der Waals surface area contributed by atoms with Gasteiger partial charge in [0.25, 0.3) is 0 Å². The Hall–Kier alpha value is -1.57. The second kappa shape index (κ2) is 6.68. The first kappa shape index (κ1) is 16.8. The average molecular weight is 300 g/mol. The van der Waals surface area contributed by atoms with Crippen LogP contribution < -0.4 is 4.74 Å². The molecule has 0 bridgehead atoms. The Bertz CT molecular complexity index is 573. The number of Topliss-reactive ketones (excluding diaryl/α,β-unsaturated/α-hetero) is 1. The van der Waals surface area contributed by atoms with Gasteiger partial charge in [-0.05, 0) is 63.1 Å². The highest BCUT2D eigenvalue weighted by Gasteiger charge is 2.41. The van der Waals surface area contributed by atoms with E-state index in [-0.39, 0.29) is 11.2 Å².